The Labute approximate surface area is 175 Å². The largest absolute Gasteiger partial charge is 0.744 e. The number of aromatic nitrogens is 2. The number of nitrogens with zero attached hydrogens (tertiary/aromatic N) is 2. The molecule has 2 aromatic heterocycles. The molecule has 0 bridgehead atoms. The van der Waals surface area contributed by atoms with Crippen LogP contribution in [-0.2, 0) is 23.6 Å². The van der Waals surface area contributed by atoms with Gasteiger partial charge in [0.25, 0.3) is 0 Å². The van der Waals surface area contributed by atoms with Crippen LogP contribution in [0.15, 0.2) is 82.4 Å². The first kappa shape index (κ1) is 20.0. The predicted octanol–water partition coefficient (Wildman–Crippen LogP) is 3.64. The minimum Gasteiger partial charge on any atom is -0.744 e. The maximum Gasteiger partial charge on any atom is 0.227 e. The number of oxazole rings is 1. The van der Waals surface area contributed by atoms with Crippen LogP contribution in [0.1, 0.15) is 16.8 Å². The normalized spacial score (nSPS) is 12.0. The van der Waals surface area contributed by atoms with Crippen LogP contribution in [0.4, 0.5) is 0 Å². The molecule has 0 saturated heterocycles. The smallest absolute Gasteiger partial charge is 0.227 e. The van der Waals surface area contributed by atoms with Gasteiger partial charge in [-0.2, -0.15) is 0 Å². The maximum atomic E-state index is 10.4. The monoisotopic (exact) mass is 420 g/mol. The number of pyridine rings is 1. The molecule has 152 valence electrons. The molecular weight excluding hydrogens is 400 g/mol. The molecule has 2 aromatic carbocycles. The molecule has 0 amide bonds. The second kappa shape index (κ2) is 7.85. The highest BCUT2D eigenvalue weighted by Gasteiger charge is 2.25. The molecule has 0 fully saturated rings. The first-order chi connectivity index (χ1) is 14.3. The van der Waals surface area contributed by atoms with Crippen molar-refractivity contribution >= 4 is 10.1 Å². The number of hydrogen-bond acceptors (Lipinski definition) is 5. The molecule has 6 nitrogen and oxygen atoms in total. The van der Waals surface area contributed by atoms with E-state index >= 15 is 0 Å². The van der Waals surface area contributed by atoms with Crippen LogP contribution in [0.3, 0.4) is 0 Å². The summed E-state index contributed by atoms with van der Waals surface area (Å²) < 4.78 is 39.1. The van der Waals surface area contributed by atoms with Gasteiger partial charge in [-0.05, 0) is 24.6 Å². The number of fused-ring (bicyclic) bond motifs is 3. The zero-order valence-corrected chi connectivity index (χ0v) is 17.4. The summed E-state index contributed by atoms with van der Waals surface area (Å²) in [5, 5.41) is 0. The molecule has 0 atom stereocenters. The van der Waals surface area contributed by atoms with Crippen LogP contribution >= 0.6 is 0 Å². The van der Waals surface area contributed by atoms with Gasteiger partial charge in [0.1, 0.15) is 17.2 Å². The third kappa shape index (κ3) is 4.17. The van der Waals surface area contributed by atoms with Crippen LogP contribution in [0, 0.1) is 6.92 Å². The Balaban J connectivity index is 0.000000170. The van der Waals surface area contributed by atoms with Crippen LogP contribution in [-0.4, -0.2) is 18.0 Å². The predicted molar refractivity (Wildman–Crippen MR) is 110 cm³/mol. The van der Waals surface area contributed by atoms with Crippen molar-refractivity contribution in [2.24, 2.45) is 7.05 Å². The Bertz CT molecular complexity index is 1290. The highest BCUT2D eigenvalue weighted by Crippen LogP contribution is 2.38. The summed E-state index contributed by atoms with van der Waals surface area (Å²) in [5.41, 5.74) is 5.47. The topological polar surface area (TPSA) is 87.1 Å². The molecule has 1 aliphatic carbocycles. The van der Waals surface area contributed by atoms with E-state index in [1.54, 1.807) is 12.1 Å². The number of hydrogen-bond donors (Lipinski definition) is 0. The van der Waals surface area contributed by atoms with Crippen molar-refractivity contribution in [3.63, 3.8) is 0 Å². The fourth-order valence-corrected chi connectivity index (χ4v) is 3.70. The number of aryl methyl sites for hydroxylation is 2. The summed E-state index contributed by atoms with van der Waals surface area (Å²) in [6.45, 7) is 1.82. The lowest BCUT2D eigenvalue weighted by Gasteiger charge is -2.05. The van der Waals surface area contributed by atoms with E-state index in [0.29, 0.717) is 5.89 Å². The van der Waals surface area contributed by atoms with E-state index in [9.17, 15) is 13.0 Å². The molecule has 7 heteroatoms. The third-order valence-electron chi connectivity index (χ3n) is 4.85. The molecule has 0 spiro atoms. The Hall–Kier alpha value is -3.29. The van der Waals surface area contributed by atoms with Gasteiger partial charge in [0, 0.05) is 29.7 Å². The molecule has 30 heavy (non-hydrogen) atoms. The van der Waals surface area contributed by atoms with Gasteiger partial charge in [0.2, 0.25) is 5.89 Å². The standard InChI is InChI=1S/C16H13N2O.C7H8O3S/c1-18-8-6-11(7-9-18)16-17-14-10-12-4-2-3-5-13(12)15(14)19-16;1-6-2-4-7(5-3-6)11(8,9)10/h2-9H,10H2,1H3;2-5H,1H3,(H,8,9,10)/q+1;/p-1. The summed E-state index contributed by atoms with van der Waals surface area (Å²) >= 11 is 0. The first-order valence-corrected chi connectivity index (χ1v) is 10.8. The van der Waals surface area contributed by atoms with E-state index < -0.39 is 10.1 Å². The van der Waals surface area contributed by atoms with Gasteiger partial charge in [-0.1, -0.05) is 42.0 Å². The van der Waals surface area contributed by atoms with Gasteiger partial charge in [-0.25, -0.2) is 18.0 Å². The minimum absolute atomic E-state index is 0.178. The Morgan fingerprint density at radius 2 is 1.67 bits per heavy atom. The van der Waals surface area contributed by atoms with E-state index in [4.69, 9.17) is 4.42 Å². The zero-order valence-electron chi connectivity index (χ0n) is 16.6. The van der Waals surface area contributed by atoms with E-state index in [1.807, 2.05) is 49.1 Å². The number of rotatable bonds is 2. The minimum atomic E-state index is -4.27. The molecular formula is C23H20N2O4S. The van der Waals surface area contributed by atoms with Crippen molar-refractivity contribution < 1.29 is 22.0 Å². The fraction of sp³-hybridized carbons (Fsp3) is 0.130. The van der Waals surface area contributed by atoms with Crippen molar-refractivity contribution in [1.82, 2.24) is 4.98 Å². The summed E-state index contributed by atoms with van der Waals surface area (Å²) in [4.78, 5) is 4.45. The van der Waals surface area contributed by atoms with Gasteiger partial charge in [0.05, 0.1) is 10.6 Å². The molecule has 0 saturated carbocycles. The van der Waals surface area contributed by atoms with E-state index in [2.05, 4.69) is 23.2 Å². The van der Waals surface area contributed by atoms with Crippen molar-refractivity contribution in [2.45, 2.75) is 18.2 Å². The highest BCUT2D eigenvalue weighted by molar-refractivity contribution is 7.85. The van der Waals surface area contributed by atoms with Gasteiger partial charge in [-0.15, -0.1) is 0 Å². The molecule has 1 aliphatic rings. The van der Waals surface area contributed by atoms with Crippen molar-refractivity contribution in [1.29, 1.82) is 0 Å². The van der Waals surface area contributed by atoms with E-state index in [0.717, 1.165) is 29.0 Å². The van der Waals surface area contributed by atoms with Crippen LogP contribution < -0.4 is 4.57 Å². The van der Waals surface area contributed by atoms with Crippen molar-refractivity contribution in [3.05, 3.63) is 89.9 Å². The summed E-state index contributed by atoms with van der Waals surface area (Å²) in [5.74, 6) is 1.64. The van der Waals surface area contributed by atoms with Gasteiger partial charge in [-0.3, -0.25) is 0 Å². The lowest BCUT2D eigenvalue weighted by molar-refractivity contribution is -0.671. The summed E-state index contributed by atoms with van der Waals surface area (Å²) in [7, 11) is -2.27. The number of benzene rings is 2. The van der Waals surface area contributed by atoms with Crippen molar-refractivity contribution in [2.75, 3.05) is 0 Å². The Morgan fingerprint density at radius 3 is 2.33 bits per heavy atom. The summed E-state index contributed by atoms with van der Waals surface area (Å²) in [6, 6.07) is 18.2. The quantitative estimate of drug-likeness (QED) is 0.321. The molecule has 0 unspecified atom stereocenters. The van der Waals surface area contributed by atoms with Gasteiger partial charge >= 0.3 is 0 Å². The molecule has 5 rings (SSSR count). The second-order valence-corrected chi connectivity index (χ2v) is 8.53. The lowest BCUT2D eigenvalue weighted by atomic mass is 10.1. The average Bonchev–Trinajstić information content (AvgIpc) is 3.27. The SMILES string of the molecule is C[n+]1ccc(-c2nc3c(o2)-c2ccccc2C3)cc1.Cc1ccc(S(=O)(=O)[O-])cc1. The zero-order chi connectivity index (χ0) is 21.3. The third-order valence-corrected chi connectivity index (χ3v) is 5.70. The Morgan fingerprint density at radius 1 is 1.00 bits per heavy atom. The molecule has 0 N–H and O–H groups in total. The first-order valence-electron chi connectivity index (χ1n) is 9.37. The van der Waals surface area contributed by atoms with Crippen LogP contribution in [0.5, 0.6) is 0 Å². The van der Waals surface area contributed by atoms with Crippen LogP contribution in [0.25, 0.3) is 22.8 Å². The molecule has 2 heterocycles. The van der Waals surface area contributed by atoms with E-state index in [1.165, 1.54) is 23.3 Å². The van der Waals surface area contributed by atoms with Crippen LogP contribution in [0.2, 0.25) is 0 Å². The van der Waals surface area contributed by atoms with Crippen molar-refractivity contribution in [3.8, 4) is 22.8 Å². The molecule has 0 aliphatic heterocycles. The molecule has 0 radical (unpaired) electrons. The second-order valence-electron chi connectivity index (χ2n) is 7.15. The maximum absolute atomic E-state index is 10.4. The molecule has 4 aromatic rings. The fourth-order valence-electron chi connectivity index (χ4n) is 3.23. The highest BCUT2D eigenvalue weighted by atomic mass is 32.2. The lowest BCUT2D eigenvalue weighted by Crippen LogP contribution is -2.25. The Kier molecular flexibility index (Phi) is 5.24. The van der Waals surface area contributed by atoms with E-state index in [-0.39, 0.29) is 4.90 Å². The average molecular weight is 420 g/mol. The van der Waals surface area contributed by atoms with Gasteiger partial charge < -0.3 is 8.97 Å². The van der Waals surface area contributed by atoms with Gasteiger partial charge in [0.15, 0.2) is 18.2 Å². The summed E-state index contributed by atoms with van der Waals surface area (Å²) in [6.07, 6.45) is 4.87.